The van der Waals surface area contributed by atoms with Gasteiger partial charge in [-0.05, 0) is 40.5 Å². The number of ether oxygens (including phenoxy) is 4. The van der Waals surface area contributed by atoms with Crippen LogP contribution < -0.4 is 0 Å². The summed E-state index contributed by atoms with van der Waals surface area (Å²) in [6.45, 7) is 11.0. The summed E-state index contributed by atoms with van der Waals surface area (Å²) in [6, 6.07) is 0. The summed E-state index contributed by atoms with van der Waals surface area (Å²) in [5.41, 5.74) is -2.53. The Labute approximate surface area is 158 Å². The Morgan fingerprint density at radius 3 is 2.63 bits per heavy atom. The molecule has 27 heavy (non-hydrogen) atoms. The van der Waals surface area contributed by atoms with Gasteiger partial charge < -0.3 is 24.1 Å². The summed E-state index contributed by atoms with van der Waals surface area (Å²) >= 11 is 0. The molecule has 1 N–H and O–H groups in total. The van der Waals surface area contributed by atoms with Gasteiger partial charge in [0, 0.05) is 6.42 Å². The van der Waals surface area contributed by atoms with Gasteiger partial charge in [-0.2, -0.15) is 0 Å². The largest absolute Gasteiger partial charge is 0.456 e. The molecule has 4 rings (SSSR count). The average molecular weight is 378 g/mol. The molecule has 7 heteroatoms. The number of hydrogen-bond acceptors (Lipinski definition) is 7. The topological polar surface area (TPSA) is 97.9 Å². The lowest BCUT2D eigenvalue weighted by Gasteiger charge is -2.36. The number of aliphatic hydroxyl groups is 1. The lowest BCUT2D eigenvalue weighted by atomic mass is 9.78. The van der Waals surface area contributed by atoms with Crippen molar-refractivity contribution in [3.63, 3.8) is 0 Å². The Balaban J connectivity index is 1.71. The molecule has 7 nitrogen and oxygen atoms in total. The molecule has 148 valence electrons. The molecule has 0 radical (unpaired) electrons. The van der Waals surface area contributed by atoms with Gasteiger partial charge in [-0.15, -0.1) is 0 Å². The van der Waals surface area contributed by atoms with Crippen LogP contribution in [0.4, 0.5) is 0 Å². The zero-order valence-corrected chi connectivity index (χ0v) is 16.1. The quantitative estimate of drug-likeness (QED) is 0.337. The number of allylic oxidation sites excluding steroid dienone is 1. The Hall–Kier alpha value is -1.70. The first-order valence-corrected chi connectivity index (χ1v) is 9.37. The highest BCUT2D eigenvalue weighted by molar-refractivity contribution is 5.93. The number of carbonyl (C=O) groups excluding carboxylic acids is 2. The van der Waals surface area contributed by atoms with Crippen LogP contribution in [-0.2, 0) is 28.5 Å². The third-order valence-electron chi connectivity index (χ3n) is 6.54. The second-order valence-electron chi connectivity index (χ2n) is 8.54. The van der Waals surface area contributed by atoms with Gasteiger partial charge in [0.25, 0.3) is 0 Å². The predicted octanol–water partition coefficient (Wildman–Crippen LogP) is 1.58. The van der Waals surface area contributed by atoms with Gasteiger partial charge >= 0.3 is 11.9 Å². The molecular formula is C20H26O7. The minimum atomic E-state index is -1.85. The van der Waals surface area contributed by atoms with Crippen LogP contribution in [0.5, 0.6) is 0 Å². The Morgan fingerprint density at radius 1 is 1.33 bits per heavy atom. The standard InChI is InChI=1S/C20H26O7/c1-10-7-6-8-18(4)14(27-18)15-20(23,11(2)16(21)25-15)13(9-10)24-17(22)19(5)12(3)26-19/h7,12-15,23H,2,6,8-9H2,1,3-5H3. The van der Waals surface area contributed by atoms with E-state index in [1.165, 1.54) is 0 Å². The monoisotopic (exact) mass is 378 g/mol. The van der Waals surface area contributed by atoms with Crippen LogP contribution in [0.1, 0.15) is 47.0 Å². The van der Waals surface area contributed by atoms with Gasteiger partial charge in [-0.1, -0.05) is 18.2 Å². The van der Waals surface area contributed by atoms with Crippen molar-refractivity contribution in [1.82, 2.24) is 0 Å². The Bertz CT molecular complexity index is 757. The smallest absolute Gasteiger partial charge is 0.341 e. The van der Waals surface area contributed by atoms with Crippen molar-refractivity contribution in [2.24, 2.45) is 0 Å². The van der Waals surface area contributed by atoms with Crippen molar-refractivity contribution in [2.45, 2.75) is 88.2 Å². The first kappa shape index (κ1) is 18.7. The first-order chi connectivity index (χ1) is 12.5. The second-order valence-corrected chi connectivity index (χ2v) is 8.54. The molecule has 0 aromatic carbocycles. The van der Waals surface area contributed by atoms with Gasteiger partial charge in [0.2, 0.25) is 0 Å². The second kappa shape index (κ2) is 5.65. The van der Waals surface area contributed by atoms with Crippen LogP contribution in [0.25, 0.3) is 0 Å². The minimum absolute atomic E-state index is 0.105. The van der Waals surface area contributed by atoms with Crippen LogP contribution >= 0.6 is 0 Å². The van der Waals surface area contributed by atoms with E-state index < -0.39 is 47.1 Å². The summed E-state index contributed by atoms with van der Waals surface area (Å²) < 4.78 is 22.3. The number of fused-ring (bicyclic) bond motifs is 3. The molecule has 1 aliphatic carbocycles. The van der Waals surface area contributed by atoms with Crippen molar-refractivity contribution in [3.8, 4) is 0 Å². The van der Waals surface area contributed by atoms with E-state index in [1.807, 2.05) is 19.9 Å². The van der Waals surface area contributed by atoms with Crippen molar-refractivity contribution in [2.75, 3.05) is 0 Å². The molecule has 0 bridgehead atoms. The van der Waals surface area contributed by atoms with Crippen molar-refractivity contribution in [1.29, 1.82) is 0 Å². The van der Waals surface area contributed by atoms with Crippen LogP contribution in [0.2, 0.25) is 0 Å². The van der Waals surface area contributed by atoms with E-state index in [-0.39, 0.29) is 18.1 Å². The fraction of sp³-hybridized carbons (Fsp3) is 0.700. The number of hydrogen-bond donors (Lipinski definition) is 1. The van der Waals surface area contributed by atoms with E-state index in [0.717, 1.165) is 18.4 Å². The molecule has 4 aliphatic rings. The zero-order chi connectivity index (χ0) is 19.8. The van der Waals surface area contributed by atoms with Gasteiger partial charge in [-0.25, -0.2) is 9.59 Å². The fourth-order valence-corrected chi connectivity index (χ4v) is 4.18. The highest BCUT2D eigenvalue weighted by Crippen LogP contribution is 2.52. The lowest BCUT2D eigenvalue weighted by molar-refractivity contribution is -0.175. The fourth-order valence-electron chi connectivity index (χ4n) is 4.18. The normalized spacial score (nSPS) is 48.7. The molecule has 0 aromatic heterocycles. The van der Waals surface area contributed by atoms with E-state index >= 15 is 0 Å². The average Bonchev–Trinajstić information content (AvgIpc) is 3.42. The maximum atomic E-state index is 12.7. The van der Waals surface area contributed by atoms with Crippen LogP contribution in [0.15, 0.2) is 23.8 Å². The number of carbonyl (C=O) groups is 2. The third kappa shape index (κ3) is 2.67. The summed E-state index contributed by atoms with van der Waals surface area (Å²) in [5.74, 6) is -1.26. The highest BCUT2D eigenvalue weighted by atomic mass is 16.7. The molecular weight excluding hydrogens is 352 g/mol. The molecule has 7 unspecified atom stereocenters. The number of rotatable bonds is 2. The summed E-state index contributed by atoms with van der Waals surface area (Å²) in [7, 11) is 0. The van der Waals surface area contributed by atoms with Gasteiger partial charge in [0.05, 0.1) is 17.3 Å². The number of epoxide rings is 2. The lowest BCUT2D eigenvalue weighted by Crippen LogP contribution is -2.55. The maximum Gasteiger partial charge on any atom is 0.341 e. The molecule has 0 aromatic rings. The first-order valence-electron chi connectivity index (χ1n) is 9.37. The molecule has 3 saturated heterocycles. The molecule has 0 amide bonds. The summed E-state index contributed by atoms with van der Waals surface area (Å²) in [6.07, 6.45) is 1.14. The van der Waals surface area contributed by atoms with E-state index in [9.17, 15) is 14.7 Å². The SMILES string of the molecule is C=C1C(=O)OC2C3OC3(C)CCC=C(C)CC(OC(=O)C3(C)OC3C)C12O. The van der Waals surface area contributed by atoms with Gasteiger partial charge in [0.15, 0.2) is 17.3 Å². The molecule has 7 atom stereocenters. The molecule has 3 heterocycles. The van der Waals surface area contributed by atoms with Crippen LogP contribution in [-0.4, -0.2) is 58.3 Å². The van der Waals surface area contributed by atoms with E-state index in [2.05, 4.69) is 6.58 Å². The zero-order valence-electron chi connectivity index (χ0n) is 16.1. The third-order valence-corrected chi connectivity index (χ3v) is 6.54. The molecule has 3 aliphatic heterocycles. The van der Waals surface area contributed by atoms with Crippen LogP contribution in [0, 0.1) is 0 Å². The van der Waals surface area contributed by atoms with Crippen molar-refractivity contribution < 1.29 is 33.6 Å². The Kier molecular flexibility index (Phi) is 3.91. The maximum absolute atomic E-state index is 12.7. The van der Waals surface area contributed by atoms with Crippen molar-refractivity contribution in [3.05, 3.63) is 23.8 Å². The van der Waals surface area contributed by atoms with E-state index in [0.29, 0.717) is 0 Å². The molecule has 3 fully saturated rings. The molecule has 0 spiro atoms. The predicted molar refractivity (Wildman–Crippen MR) is 93.7 cm³/mol. The van der Waals surface area contributed by atoms with Crippen LogP contribution in [0.3, 0.4) is 0 Å². The summed E-state index contributed by atoms with van der Waals surface area (Å²) in [4.78, 5) is 24.9. The highest BCUT2D eigenvalue weighted by Gasteiger charge is 2.70. The Morgan fingerprint density at radius 2 is 2.00 bits per heavy atom. The van der Waals surface area contributed by atoms with Gasteiger partial charge in [-0.3, -0.25) is 0 Å². The number of esters is 2. The summed E-state index contributed by atoms with van der Waals surface area (Å²) in [5, 5.41) is 11.6. The van der Waals surface area contributed by atoms with Gasteiger partial charge in [0.1, 0.15) is 12.2 Å². The van der Waals surface area contributed by atoms with Crippen molar-refractivity contribution >= 4 is 11.9 Å². The van der Waals surface area contributed by atoms with E-state index in [4.69, 9.17) is 18.9 Å². The van der Waals surface area contributed by atoms with E-state index in [1.54, 1.807) is 13.8 Å². The minimum Gasteiger partial charge on any atom is -0.456 e. The molecule has 0 saturated carbocycles.